The number of benzene rings is 1. The van der Waals surface area contributed by atoms with E-state index in [2.05, 4.69) is 28.4 Å². The summed E-state index contributed by atoms with van der Waals surface area (Å²) < 4.78 is 10.5. The van der Waals surface area contributed by atoms with E-state index in [9.17, 15) is 0 Å². The van der Waals surface area contributed by atoms with Crippen LogP contribution in [0.3, 0.4) is 0 Å². The highest BCUT2D eigenvalue weighted by Gasteiger charge is 2.13. The van der Waals surface area contributed by atoms with Gasteiger partial charge in [-0.25, -0.2) is 5.01 Å². The van der Waals surface area contributed by atoms with Crippen LogP contribution in [0.15, 0.2) is 18.2 Å². The molecule has 1 aromatic carbocycles. The van der Waals surface area contributed by atoms with Gasteiger partial charge in [-0.3, -0.25) is 5.43 Å². The van der Waals surface area contributed by atoms with E-state index in [0.717, 1.165) is 44.2 Å². The second kappa shape index (κ2) is 6.75. The second-order valence-electron chi connectivity index (χ2n) is 4.81. The maximum atomic E-state index is 5.31. The molecule has 0 aliphatic carbocycles. The lowest BCUT2D eigenvalue weighted by Crippen LogP contribution is -2.50. The highest BCUT2D eigenvalue weighted by molar-refractivity contribution is 5.42. The largest absolute Gasteiger partial charge is 0.493 e. The summed E-state index contributed by atoms with van der Waals surface area (Å²) in [5, 5.41) is 2.27. The molecule has 0 unspecified atom stereocenters. The lowest BCUT2D eigenvalue weighted by atomic mass is 10.2. The minimum atomic E-state index is 0.769. The van der Waals surface area contributed by atoms with Gasteiger partial charge in [0.25, 0.3) is 0 Å². The first kappa shape index (κ1) is 14.1. The van der Waals surface area contributed by atoms with E-state index in [0.29, 0.717) is 0 Å². The molecule has 1 N–H and O–H groups in total. The van der Waals surface area contributed by atoms with Gasteiger partial charge in [-0.2, -0.15) is 0 Å². The second-order valence-corrected chi connectivity index (χ2v) is 4.81. The van der Waals surface area contributed by atoms with Crippen LogP contribution in [0.1, 0.15) is 5.56 Å². The molecule has 0 saturated carbocycles. The fourth-order valence-corrected chi connectivity index (χ4v) is 2.16. The van der Waals surface area contributed by atoms with E-state index in [-0.39, 0.29) is 0 Å². The van der Waals surface area contributed by atoms with E-state index in [1.165, 1.54) is 5.56 Å². The van der Waals surface area contributed by atoms with E-state index < -0.39 is 0 Å². The molecular formula is C14H23N3O2. The number of hydrogen-bond donors (Lipinski definition) is 1. The minimum absolute atomic E-state index is 0.769. The fraction of sp³-hybridized carbons (Fsp3) is 0.571. The van der Waals surface area contributed by atoms with Crippen LogP contribution in [0.5, 0.6) is 11.5 Å². The fourth-order valence-electron chi connectivity index (χ4n) is 2.16. The van der Waals surface area contributed by atoms with Gasteiger partial charge in [-0.15, -0.1) is 0 Å². The first-order valence-corrected chi connectivity index (χ1v) is 6.61. The van der Waals surface area contributed by atoms with Crippen molar-refractivity contribution in [1.82, 2.24) is 15.3 Å². The van der Waals surface area contributed by atoms with E-state index in [1.54, 1.807) is 14.2 Å². The van der Waals surface area contributed by atoms with Crippen LogP contribution in [-0.4, -0.2) is 57.4 Å². The van der Waals surface area contributed by atoms with Gasteiger partial charge in [-0.05, 0) is 24.7 Å². The summed E-state index contributed by atoms with van der Waals surface area (Å²) in [6.07, 6.45) is 0. The zero-order valence-corrected chi connectivity index (χ0v) is 12.0. The molecule has 19 heavy (non-hydrogen) atoms. The number of rotatable bonds is 5. The Balaban J connectivity index is 1.89. The third-order valence-electron chi connectivity index (χ3n) is 3.46. The molecule has 106 valence electrons. The number of hydrogen-bond acceptors (Lipinski definition) is 5. The molecule has 1 fully saturated rings. The summed E-state index contributed by atoms with van der Waals surface area (Å²) in [6.45, 7) is 5.15. The number of piperazine rings is 1. The Kier molecular flexibility index (Phi) is 5.01. The summed E-state index contributed by atoms with van der Waals surface area (Å²) in [4.78, 5) is 2.34. The molecule has 1 heterocycles. The number of ether oxygens (including phenoxy) is 2. The molecule has 0 amide bonds. The topological polar surface area (TPSA) is 37.0 Å². The average Bonchev–Trinajstić information content (AvgIpc) is 2.46. The molecule has 1 saturated heterocycles. The Hall–Kier alpha value is -1.30. The first-order chi connectivity index (χ1) is 9.22. The molecule has 1 aliphatic heterocycles. The molecule has 1 aromatic rings. The number of hydrazine groups is 1. The van der Waals surface area contributed by atoms with Gasteiger partial charge < -0.3 is 14.4 Å². The quantitative estimate of drug-likeness (QED) is 0.858. The highest BCUT2D eigenvalue weighted by atomic mass is 16.5. The molecule has 0 bridgehead atoms. The van der Waals surface area contributed by atoms with Gasteiger partial charge in [0.1, 0.15) is 0 Å². The third kappa shape index (κ3) is 3.83. The molecular weight excluding hydrogens is 242 g/mol. The van der Waals surface area contributed by atoms with Crippen molar-refractivity contribution in [2.75, 3.05) is 47.4 Å². The van der Waals surface area contributed by atoms with E-state index >= 15 is 0 Å². The Morgan fingerprint density at radius 2 is 1.74 bits per heavy atom. The van der Waals surface area contributed by atoms with Gasteiger partial charge in [0.2, 0.25) is 0 Å². The highest BCUT2D eigenvalue weighted by Crippen LogP contribution is 2.27. The van der Waals surface area contributed by atoms with Crippen molar-refractivity contribution in [3.05, 3.63) is 23.8 Å². The molecule has 1 aliphatic rings. The van der Waals surface area contributed by atoms with Crippen molar-refractivity contribution in [3.8, 4) is 11.5 Å². The van der Waals surface area contributed by atoms with Gasteiger partial charge >= 0.3 is 0 Å². The summed E-state index contributed by atoms with van der Waals surface area (Å²) in [7, 11) is 5.47. The van der Waals surface area contributed by atoms with Crippen LogP contribution in [-0.2, 0) is 6.54 Å². The van der Waals surface area contributed by atoms with Gasteiger partial charge in [0.15, 0.2) is 11.5 Å². The lowest BCUT2D eigenvalue weighted by molar-refractivity contribution is 0.102. The summed E-state index contributed by atoms with van der Waals surface area (Å²) >= 11 is 0. The summed E-state index contributed by atoms with van der Waals surface area (Å²) in [5.74, 6) is 1.55. The molecule has 2 rings (SSSR count). The summed E-state index contributed by atoms with van der Waals surface area (Å²) in [6, 6.07) is 6.02. The third-order valence-corrected chi connectivity index (χ3v) is 3.46. The standard InChI is InChI=1S/C14H23N3O2/c1-16-6-8-17(9-7-16)15-11-12-4-5-13(18-2)14(10-12)19-3/h4-5,10,15H,6-9,11H2,1-3H3. The van der Waals surface area contributed by atoms with Gasteiger partial charge in [0, 0.05) is 32.7 Å². The first-order valence-electron chi connectivity index (χ1n) is 6.61. The van der Waals surface area contributed by atoms with Crippen molar-refractivity contribution in [2.24, 2.45) is 0 Å². The van der Waals surface area contributed by atoms with Crippen molar-refractivity contribution >= 4 is 0 Å². The molecule has 0 spiro atoms. The van der Waals surface area contributed by atoms with Crippen molar-refractivity contribution < 1.29 is 9.47 Å². The maximum absolute atomic E-state index is 5.31. The van der Waals surface area contributed by atoms with Crippen LogP contribution < -0.4 is 14.9 Å². The lowest BCUT2D eigenvalue weighted by Gasteiger charge is -2.32. The van der Waals surface area contributed by atoms with Crippen molar-refractivity contribution in [2.45, 2.75) is 6.54 Å². The number of methoxy groups -OCH3 is 2. The van der Waals surface area contributed by atoms with Crippen LogP contribution in [0, 0.1) is 0 Å². The maximum Gasteiger partial charge on any atom is 0.161 e. The molecule has 5 heteroatoms. The van der Waals surface area contributed by atoms with E-state index in [4.69, 9.17) is 9.47 Å². The molecule has 0 atom stereocenters. The van der Waals surface area contributed by atoms with Crippen LogP contribution in [0.25, 0.3) is 0 Å². The van der Waals surface area contributed by atoms with E-state index in [1.807, 2.05) is 12.1 Å². The Morgan fingerprint density at radius 3 is 2.37 bits per heavy atom. The van der Waals surface area contributed by atoms with Gasteiger partial charge in [0.05, 0.1) is 14.2 Å². The van der Waals surface area contributed by atoms with Crippen LogP contribution in [0.4, 0.5) is 0 Å². The normalized spacial score (nSPS) is 17.4. The SMILES string of the molecule is COc1ccc(CNN2CCN(C)CC2)cc1OC. The zero-order chi connectivity index (χ0) is 13.7. The van der Waals surface area contributed by atoms with Crippen LogP contribution in [0.2, 0.25) is 0 Å². The number of likely N-dealkylation sites (N-methyl/N-ethyl adjacent to an activating group) is 1. The smallest absolute Gasteiger partial charge is 0.161 e. The van der Waals surface area contributed by atoms with Gasteiger partial charge in [-0.1, -0.05) is 6.07 Å². The van der Waals surface area contributed by atoms with Crippen LogP contribution >= 0.6 is 0 Å². The monoisotopic (exact) mass is 265 g/mol. The molecule has 0 aromatic heterocycles. The summed E-state index contributed by atoms with van der Waals surface area (Å²) in [5.41, 5.74) is 4.65. The molecule has 0 radical (unpaired) electrons. The zero-order valence-electron chi connectivity index (χ0n) is 12.0. The number of nitrogens with zero attached hydrogens (tertiary/aromatic N) is 2. The van der Waals surface area contributed by atoms with Crippen molar-refractivity contribution in [1.29, 1.82) is 0 Å². The Bertz CT molecular complexity index is 404. The number of nitrogens with one attached hydrogen (secondary N) is 1. The van der Waals surface area contributed by atoms with Crippen molar-refractivity contribution in [3.63, 3.8) is 0 Å². The Labute approximate surface area is 115 Å². The molecule has 5 nitrogen and oxygen atoms in total. The predicted octanol–water partition coefficient (Wildman–Crippen LogP) is 0.956. The Morgan fingerprint density at radius 1 is 1.05 bits per heavy atom. The average molecular weight is 265 g/mol. The minimum Gasteiger partial charge on any atom is -0.493 e. The predicted molar refractivity (Wildman–Crippen MR) is 75.5 cm³/mol.